The molecule has 18 heavy (non-hydrogen) atoms. The first kappa shape index (κ1) is 12.8. The zero-order valence-electron chi connectivity index (χ0n) is 9.98. The minimum atomic E-state index is 0.0211. The van der Waals surface area contributed by atoms with E-state index >= 15 is 0 Å². The van der Waals surface area contributed by atoms with Gasteiger partial charge < -0.3 is 9.84 Å². The molecule has 6 nitrogen and oxygen atoms in total. The Kier molecular flexibility index (Phi) is 4.54. The molecule has 0 radical (unpaired) electrons. The second-order valence-electron chi connectivity index (χ2n) is 3.51. The summed E-state index contributed by atoms with van der Waals surface area (Å²) in [5.74, 6) is 1.57. The van der Waals surface area contributed by atoms with Gasteiger partial charge in [-0.15, -0.1) is 5.10 Å². The standard InChI is InChI=1S/C11H14N4O2S/c1-17-10-5-3-2-4-9(10)8-18-11-12-13-14-15(11)6-7-16/h2-5,16H,6-8H2,1H3. The number of rotatable bonds is 6. The van der Waals surface area contributed by atoms with Crippen LogP contribution in [0.3, 0.4) is 0 Å². The predicted octanol–water partition coefficient (Wildman–Crippen LogP) is 0.966. The summed E-state index contributed by atoms with van der Waals surface area (Å²) >= 11 is 1.51. The van der Waals surface area contributed by atoms with Crippen molar-refractivity contribution in [2.24, 2.45) is 0 Å². The van der Waals surface area contributed by atoms with Gasteiger partial charge in [-0.3, -0.25) is 0 Å². The second-order valence-corrected chi connectivity index (χ2v) is 4.45. The van der Waals surface area contributed by atoms with Gasteiger partial charge in [-0.05, 0) is 16.5 Å². The fraction of sp³-hybridized carbons (Fsp3) is 0.364. The van der Waals surface area contributed by atoms with Crippen molar-refractivity contribution in [1.82, 2.24) is 20.2 Å². The number of hydrogen-bond donors (Lipinski definition) is 1. The third-order valence-corrected chi connectivity index (χ3v) is 3.37. The lowest BCUT2D eigenvalue weighted by Gasteiger charge is -2.07. The minimum absolute atomic E-state index is 0.0211. The third-order valence-electron chi connectivity index (χ3n) is 2.36. The van der Waals surface area contributed by atoms with Crippen LogP contribution < -0.4 is 4.74 Å². The highest BCUT2D eigenvalue weighted by molar-refractivity contribution is 7.98. The van der Waals surface area contributed by atoms with Crippen LogP contribution in [0.5, 0.6) is 5.75 Å². The molecule has 1 aromatic heterocycles. The van der Waals surface area contributed by atoms with Crippen LogP contribution in [0.2, 0.25) is 0 Å². The van der Waals surface area contributed by atoms with Gasteiger partial charge in [0.15, 0.2) is 0 Å². The maximum absolute atomic E-state index is 8.88. The molecule has 0 fully saturated rings. The lowest BCUT2D eigenvalue weighted by molar-refractivity contribution is 0.262. The van der Waals surface area contributed by atoms with Crippen LogP contribution in [-0.2, 0) is 12.3 Å². The van der Waals surface area contributed by atoms with Gasteiger partial charge in [0.25, 0.3) is 0 Å². The fourth-order valence-corrected chi connectivity index (χ4v) is 2.39. The number of aromatic nitrogens is 4. The van der Waals surface area contributed by atoms with Crippen LogP contribution in [0.25, 0.3) is 0 Å². The number of benzene rings is 1. The lowest BCUT2D eigenvalue weighted by atomic mass is 10.2. The van der Waals surface area contributed by atoms with E-state index < -0.39 is 0 Å². The summed E-state index contributed by atoms with van der Waals surface area (Å²) in [6, 6.07) is 7.83. The Bertz CT molecular complexity index is 503. The molecule has 0 spiro atoms. The number of thioether (sulfide) groups is 1. The van der Waals surface area contributed by atoms with Crippen molar-refractivity contribution in [1.29, 1.82) is 0 Å². The second kappa shape index (κ2) is 6.36. The van der Waals surface area contributed by atoms with E-state index in [1.807, 2.05) is 24.3 Å². The van der Waals surface area contributed by atoms with Crippen LogP contribution in [-0.4, -0.2) is 39.0 Å². The molecule has 0 aliphatic carbocycles. The summed E-state index contributed by atoms with van der Waals surface area (Å²) in [6.45, 7) is 0.425. The van der Waals surface area contributed by atoms with Crippen LogP contribution in [0.1, 0.15) is 5.56 Å². The molecule has 0 aliphatic heterocycles. The number of methoxy groups -OCH3 is 1. The van der Waals surface area contributed by atoms with E-state index in [2.05, 4.69) is 15.5 Å². The van der Waals surface area contributed by atoms with E-state index in [1.54, 1.807) is 11.8 Å². The molecule has 0 unspecified atom stereocenters. The molecule has 1 N–H and O–H groups in total. The summed E-state index contributed by atoms with van der Waals surface area (Å²) < 4.78 is 6.86. The van der Waals surface area contributed by atoms with Gasteiger partial charge >= 0.3 is 0 Å². The Labute approximate surface area is 109 Å². The highest BCUT2D eigenvalue weighted by Gasteiger charge is 2.08. The molecule has 2 aromatic rings. The first-order chi connectivity index (χ1) is 8.85. The van der Waals surface area contributed by atoms with E-state index in [0.717, 1.165) is 17.1 Å². The van der Waals surface area contributed by atoms with Gasteiger partial charge in [-0.1, -0.05) is 30.0 Å². The SMILES string of the molecule is COc1ccccc1CSc1nnnn1CCO. The van der Waals surface area contributed by atoms with Gasteiger partial charge in [0.1, 0.15) is 5.75 Å². The molecular weight excluding hydrogens is 252 g/mol. The van der Waals surface area contributed by atoms with E-state index in [4.69, 9.17) is 9.84 Å². The number of nitrogens with zero attached hydrogens (tertiary/aromatic N) is 4. The summed E-state index contributed by atoms with van der Waals surface area (Å²) in [6.07, 6.45) is 0. The molecule has 1 aromatic carbocycles. The van der Waals surface area contributed by atoms with Crippen molar-refractivity contribution in [2.75, 3.05) is 13.7 Å². The molecule has 0 bridgehead atoms. The molecule has 7 heteroatoms. The predicted molar refractivity (Wildman–Crippen MR) is 67.5 cm³/mol. The molecule has 0 aliphatic rings. The smallest absolute Gasteiger partial charge is 0.209 e. The van der Waals surface area contributed by atoms with Crippen LogP contribution in [0.4, 0.5) is 0 Å². The number of hydrogen-bond acceptors (Lipinski definition) is 6. The molecule has 0 saturated heterocycles. The maximum Gasteiger partial charge on any atom is 0.209 e. The van der Waals surface area contributed by atoms with Gasteiger partial charge in [-0.25, -0.2) is 4.68 Å². The topological polar surface area (TPSA) is 73.1 Å². The van der Waals surface area contributed by atoms with Crippen LogP contribution in [0, 0.1) is 0 Å². The molecule has 0 atom stereocenters. The Balaban J connectivity index is 2.04. The summed E-state index contributed by atoms with van der Waals surface area (Å²) in [7, 11) is 1.65. The number of aliphatic hydroxyl groups excluding tert-OH is 1. The molecular formula is C11H14N4O2S. The lowest BCUT2D eigenvalue weighted by Crippen LogP contribution is -2.05. The van der Waals surface area contributed by atoms with Crippen molar-refractivity contribution in [2.45, 2.75) is 17.5 Å². The number of tetrazole rings is 1. The number of aliphatic hydroxyl groups is 1. The highest BCUT2D eigenvalue weighted by atomic mass is 32.2. The zero-order valence-corrected chi connectivity index (χ0v) is 10.8. The normalized spacial score (nSPS) is 10.6. The minimum Gasteiger partial charge on any atom is -0.496 e. The largest absolute Gasteiger partial charge is 0.496 e. The molecule has 0 amide bonds. The van der Waals surface area contributed by atoms with Crippen molar-refractivity contribution >= 4 is 11.8 Å². The Morgan fingerprint density at radius 2 is 2.22 bits per heavy atom. The Morgan fingerprint density at radius 3 is 3.00 bits per heavy atom. The zero-order chi connectivity index (χ0) is 12.8. The van der Waals surface area contributed by atoms with Gasteiger partial charge in [0, 0.05) is 11.3 Å². The quantitative estimate of drug-likeness (QED) is 0.785. The van der Waals surface area contributed by atoms with Gasteiger partial charge in [0.2, 0.25) is 5.16 Å². The van der Waals surface area contributed by atoms with Crippen molar-refractivity contribution < 1.29 is 9.84 Å². The van der Waals surface area contributed by atoms with E-state index in [9.17, 15) is 0 Å². The first-order valence-electron chi connectivity index (χ1n) is 5.47. The van der Waals surface area contributed by atoms with Gasteiger partial charge in [0.05, 0.1) is 20.3 Å². The number of ether oxygens (including phenoxy) is 1. The molecule has 2 rings (SSSR count). The average Bonchev–Trinajstić information content (AvgIpc) is 2.84. The Hall–Kier alpha value is -1.60. The highest BCUT2D eigenvalue weighted by Crippen LogP contribution is 2.26. The van der Waals surface area contributed by atoms with E-state index in [0.29, 0.717) is 11.7 Å². The van der Waals surface area contributed by atoms with E-state index in [-0.39, 0.29) is 6.61 Å². The summed E-state index contributed by atoms with van der Waals surface area (Å²) in [4.78, 5) is 0. The fourth-order valence-electron chi connectivity index (χ4n) is 1.50. The van der Waals surface area contributed by atoms with Gasteiger partial charge in [-0.2, -0.15) is 0 Å². The maximum atomic E-state index is 8.88. The van der Waals surface area contributed by atoms with E-state index in [1.165, 1.54) is 11.8 Å². The van der Waals surface area contributed by atoms with Crippen molar-refractivity contribution in [3.8, 4) is 5.75 Å². The van der Waals surface area contributed by atoms with Crippen LogP contribution >= 0.6 is 11.8 Å². The van der Waals surface area contributed by atoms with Crippen molar-refractivity contribution in [3.63, 3.8) is 0 Å². The molecule has 1 heterocycles. The molecule has 0 saturated carbocycles. The average molecular weight is 266 g/mol. The summed E-state index contributed by atoms with van der Waals surface area (Å²) in [5, 5.41) is 20.9. The monoisotopic (exact) mass is 266 g/mol. The van der Waals surface area contributed by atoms with Crippen molar-refractivity contribution in [3.05, 3.63) is 29.8 Å². The number of para-hydroxylation sites is 1. The Morgan fingerprint density at radius 1 is 1.39 bits per heavy atom. The van der Waals surface area contributed by atoms with Crippen LogP contribution in [0.15, 0.2) is 29.4 Å². The third kappa shape index (κ3) is 2.99. The molecule has 96 valence electrons. The summed E-state index contributed by atoms with van der Waals surface area (Å²) in [5.41, 5.74) is 1.09. The first-order valence-corrected chi connectivity index (χ1v) is 6.45.